The maximum absolute atomic E-state index is 13.6. The van der Waals surface area contributed by atoms with Crippen LogP contribution in [-0.4, -0.2) is 16.7 Å². The molecule has 1 aromatic heterocycles. The van der Waals surface area contributed by atoms with Crippen molar-refractivity contribution in [3.63, 3.8) is 0 Å². The van der Waals surface area contributed by atoms with E-state index in [-0.39, 0.29) is 11.7 Å². The van der Waals surface area contributed by atoms with E-state index in [0.29, 0.717) is 27.7 Å². The minimum absolute atomic E-state index is 0.0753. The quantitative estimate of drug-likeness (QED) is 0.417. The normalized spacial score (nSPS) is 18.6. The molecule has 3 aromatic rings. The smallest absolute Gasteiger partial charge is 0.256 e. The monoisotopic (exact) mass is 527 g/mol. The van der Waals surface area contributed by atoms with E-state index in [2.05, 4.69) is 31.5 Å². The van der Waals surface area contributed by atoms with Gasteiger partial charge in [0.15, 0.2) is 10.9 Å². The summed E-state index contributed by atoms with van der Waals surface area (Å²) in [4.78, 5) is 31.1. The lowest BCUT2D eigenvalue weighted by molar-refractivity contribution is -0.116. The van der Waals surface area contributed by atoms with E-state index >= 15 is 0 Å². The Labute approximate surface area is 202 Å². The lowest BCUT2D eigenvalue weighted by Gasteiger charge is -2.34. The standard InChI is InChI=1S/C24H19BrClN3O2S/c1-12-20(23(31)29-24-28-16-9-8-14(25)11-19(16)32-24)21(13-4-2-5-15(26)10-13)22-17(27-12)6-3-7-18(22)30/h2,4-5,8-11,21,27H,3,6-7H2,1H3,(H,28,29,31). The van der Waals surface area contributed by atoms with Crippen molar-refractivity contribution in [2.75, 3.05) is 5.32 Å². The van der Waals surface area contributed by atoms with Crippen molar-refractivity contribution < 1.29 is 9.59 Å². The van der Waals surface area contributed by atoms with E-state index < -0.39 is 5.92 Å². The van der Waals surface area contributed by atoms with Gasteiger partial charge in [0.25, 0.3) is 5.91 Å². The molecule has 2 N–H and O–H groups in total. The third-order valence-corrected chi connectivity index (χ3v) is 7.44. The van der Waals surface area contributed by atoms with Crippen LogP contribution >= 0.6 is 38.9 Å². The van der Waals surface area contributed by atoms with Gasteiger partial charge in [-0.2, -0.15) is 0 Å². The van der Waals surface area contributed by atoms with E-state index in [1.165, 1.54) is 11.3 Å². The topological polar surface area (TPSA) is 71.1 Å². The molecule has 1 aliphatic heterocycles. The first-order valence-corrected chi connectivity index (χ1v) is 12.3. The first-order chi connectivity index (χ1) is 15.4. The zero-order valence-corrected chi connectivity index (χ0v) is 20.3. The number of dihydropyridines is 1. The molecular weight excluding hydrogens is 510 g/mol. The number of nitrogens with one attached hydrogen (secondary N) is 2. The summed E-state index contributed by atoms with van der Waals surface area (Å²) in [6, 6.07) is 13.2. The number of thiazole rings is 1. The summed E-state index contributed by atoms with van der Waals surface area (Å²) in [7, 11) is 0. The van der Waals surface area contributed by atoms with Crippen molar-refractivity contribution in [2.24, 2.45) is 0 Å². The Bertz CT molecular complexity index is 1340. The van der Waals surface area contributed by atoms with Gasteiger partial charge in [-0.15, -0.1) is 0 Å². The van der Waals surface area contributed by atoms with Crippen LogP contribution in [0, 0.1) is 0 Å². The summed E-state index contributed by atoms with van der Waals surface area (Å²) < 4.78 is 1.93. The number of ketones is 1. The number of Topliss-reactive ketones (excluding diaryl/α,β-unsaturated/α-hetero) is 1. The van der Waals surface area contributed by atoms with Crippen molar-refractivity contribution in [3.8, 4) is 0 Å². The van der Waals surface area contributed by atoms with Crippen LogP contribution in [0.5, 0.6) is 0 Å². The van der Waals surface area contributed by atoms with E-state index in [4.69, 9.17) is 11.6 Å². The number of benzene rings is 2. The van der Waals surface area contributed by atoms with Crippen LogP contribution in [0.1, 0.15) is 37.7 Å². The summed E-state index contributed by atoms with van der Waals surface area (Å²) in [5.74, 6) is -0.671. The van der Waals surface area contributed by atoms with Gasteiger partial charge in [0.1, 0.15) is 0 Å². The Morgan fingerprint density at radius 3 is 2.91 bits per heavy atom. The maximum atomic E-state index is 13.6. The molecule has 0 fully saturated rings. The lowest BCUT2D eigenvalue weighted by atomic mass is 9.75. The van der Waals surface area contributed by atoms with Crippen LogP contribution < -0.4 is 10.6 Å². The highest BCUT2D eigenvalue weighted by molar-refractivity contribution is 9.10. The third-order valence-electron chi connectivity index (χ3n) is 5.77. The molecule has 2 heterocycles. The summed E-state index contributed by atoms with van der Waals surface area (Å²) in [6.07, 6.45) is 2.08. The molecule has 0 bridgehead atoms. The summed E-state index contributed by atoms with van der Waals surface area (Å²) in [5, 5.41) is 7.39. The summed E-state index contributed by atoms with van der Waals surface area (Å²) >= 11 is 11.2. The fraction of sp³-hybridized carbons (Fsp3) is 0.208. The van der Waals surface area contributed by atoms with Gasteiger partial charge < -0.3 is 5.32 Å². The fourth-order valence-corrected chi connectivity index (χ4v) is 6.03. The molecule has 2 aromatic carbocycles. The van der Waals surface area contributed by atoms with Gasteiger partial charge >= 0.3 is 0 Å². The number of anilines is 1. The van der Waals surface area contributed by atoms with Crippen LogP contribution in [0.2, 0.25) is 5.02 Å². The van der Waals surface area contributed by atoms with Crippen molar-refractivity contribution in [1.29, 1.82) is 0 Å². The first-order valence-electron chi connectivity index (χ1n) is 10.3. The number of hydrogen-bond acceptors (Lipinski definition) is 5. The predicted octanol–water partition coefficient (Wildman–Crippen LogP) is 6.32. The zero-order chi connectivity index (χ0) is 22.4. The minimum Gasteiger partial charge on any atom is -0.362 e. The summed E-state index contributed by atoms with van der Waals surface area (Å²) in [6.45, 7) is 1.88. The van der Waals surface area contributed by atoms with E-state index in [0.717, 1.165) is 44.5 Å². The van der Waals surface area contributed by atoms with Gasteiger partial charge in [0.2, 0.25) is 0 Å². The second kappa shape index (κ2) is 8.46. The van der Waals surface area contributed by atoms with Gasteiger partial charge in [0.05, 0.1) is 10.2 Å². The number of carbonyl (C=O) groups is 2. The number of halogens is 2. The van der Waals surface area contributed by atoms with Gasteiger partial charge in [-0.1, -0.05) is 51.0 Å². The van der Waals surface area contributed by atoms with Crippen LogP contribution in [0.3, 0.4) is 0 Å². The van der Waals surface area contributed by atoms with Crippen molar-refractivity contribution in [1.82, 2.24) is 10.3 Å². The number of hydrogen-bond donors (Lipinski definition) is 2. The van der Waals surface area contributed by atoms with E-state index in [1.807, 2.05) is 43.3 Å². The maximum Gasteiger partial charge on any atom is 0.256 e. The molecule has 32 heavy (non-hydrogen) atoms. The van der Waals surface area contributed by atoms with Crippen LogP contribution in [-0.2, 0) is 9.59 Å². The Morgan fingerprint density at radius 2 is 2.09 bits per heavy atom. The first kappa shape index (κ1) is 21.4. The molecule has 5 rings (SSSR count). The van der Waals surface area contributed by atoms with Gasteiger partial charge in [0, 0.05) is 44.4 Å². The zero-order valence-electron chi connectivity index (χ0n) is 17.2. The molecule has 0 saturated heterocycles. The molecule has 2 aliphatic rings. The Kier molecular flexibility index (Phi) is 5.65. The molecule has 0 spiro atoms. The third kappa shape index (κ3) is 3.89. The summed E-state index contributed by atoms with van der Waals surface area (Å²) in [5.41, 5.74) is 4.48. The fourth-order valence-electron chi connectivity index (χ4n) is 4.42. The number of nitrogens with zero attached hydrogens (tertiary/aromatic N) is 1. The van der Waals surface area contributed by atoms with Crippen molar-refractivity contribution in [3.05, 3.63) is 80.1 Å². The van der Waals surface area contributed by atoms with E-state index in [9.17, 15) is 9.59 Å². The van der Waals surface area contributed by atoms with Crippen LogP contribution in [0.4, 0.5) is 5.13 Å². The van der Waals surface area contributed by atoms with Gasteiger partial charge in [-0.05, 0) is 55.7 Å². The average Bonchev–Trinajstić information content (AvgIpc) is 3.14. The number of allylic oxidation sites excluding steroid dienone is 3. The second-order valence-electron chi connectivity index (χ2n) is 7.91. The highest BCUT2D eigenvalue weighted by atomic mass is 79.9. The SMILES string of the molecule is CC1=C(C(=O)Nc2nc3ccc(Br)cc3s2)C(c2cccc(Cl)c2)C2=C(CCCC2=O)N1. The number of aromatic nitrogens is 1. The number of fused-ring (bicyclic) bond motifs is 1. The molecule has 8 heteroatoms. The largest absolute Gasteiger partial charge is 0.362 e. The molecular formula is C24H19BrClN3O2S. The second-order valence-corrected chi connectivity index (χ2v) is 10.3. The highest BCUT2D eigenvalue weighted by Gasteiger charge is 2.38. The minimum atomic E-state index is -0.471. The molecule has 0 saturated carbocycles. The molecule has 1 aliphatic carbocycles. The molecule has 1 unspecified atom stereocenters. The lowest BCUT2D eigenvalue weighted by Crippen LogP contribution is -2.35. The van der Waals surface area contributed by atoms with E-state index in [1.54, 1.807) is 6.07 Å². The Hall–Kier alpha value is -2.48. The van der Waals surface area contributed by atoms with Crippen LogP contribution in [0.15, 0.2) is 69.5 Å². The predicted molar refractivity (Wildman–Crippen MR) is 132 cm³/mol. The molecule has 0 radical (unpaired) electrons. The average molecular weight is 529 g/mol. The number of amides is 1. The van der Waals surface area contributed by atoms with Gasteiger partial charge in [-0.25, -0.2) is 4.98 Å². The van der Waals surface area contributed by atoms with Crippen molar-refractivity contribution >= 4 is 65.9 Å². The van der Waals surface area contributed by atoms with Gasteiger partial charge in [-0.3, -0.25) is 14.9 Å². The molecule has 1 atom stereocenters. The Morgan fingerprint density at radius 1 is 1.25 bits per heavy atom. The molecule has 1 amide bonds. The molecule has 162 valence electrons. The Balaban J connectivity index is 1.56. The molecule has 5 nitrogen and oxygen atoms in total. The highest BCUT2D eigenvalue weighted by Crippen LogP contribution is 2.43. The van der Waals surface area contributed by atoms with Crippen LogP contribution in [0.25, 0.3) is 10.2 Å². The van der Waals surface area contributed by atoms with Crippen molar-refractivity contribution in [2.45, 2.75) is 32.1 Å². The number of carbonyl (C=O) groups excluding carboxylic acids is 2. The number of rotatable bonds is 3.